The second-order valence-electron chi connectivity index (χ2n) is 3.14. The van der Waals surface area contributed by atoms with Crippen LogP contribution in [-0.4, -0.2) is 18.3 Å². The van der Waals surface area contributed by atoms with Gasteiger partial charge in [0.05, 0.1) is 12.6 Å². The summed E-state index contributed by atoms with van der Waals surface area (Å²) in [5.41, 5.74) is 2.63. The Labute approximate surface area is 72.2 Å². The van der Waals surface area contributed by atoms with Crippen molar-refractivity contribution in [1.82, 2.24) is 5.32 Å². The predicted octanol–water partition coefficient (Wildman–Crippen LogP) is 0.866. The van der Waals surface area contributed by atoms with E-state index in [2.05, 4.69) is 23.5 Å². The Morgan fingerprint density at radius 3 is 3.08 bits per heavy atom. The topological polar surface area (TPSA) is 32.3 Å². The Hall–Kier alpha value is -0.860. The van der Waals surface area contributed by atoms with Crippen LogP contribution in [-0.2, 0) is 6.42 Å². The van der Waals surface area contributed by atoms with Crippen LogP contribution in [0.3, 0.4) is 0 Å². The summed E-state index contributed by atoms with van der Waals surface area (Å²) in [5.74, 6) is 0. The van der Waals surface area contributed by atoms with Gasteiger partial charge in [0, 0.05) is 0 Å². The van der Waals surface area contributed by atoms with Crippen molar-refractivity contribution in [2.75, 3.05) is 13.2 Å². The number of aliphatic hydroxyl groups is 1. The number of nitrogens with one attached hydrogen (secondary N) is 1. The fourth-order valence-corrected chi connectivity index (χ4v) is 1.76. The molecule has 0 saturated heterocycles. The number of fused-ring (bicyclic) bond motifs is 1. The second-order valence-corrected chi connectivity index (χ2v) is 3.14. The molecule has 0 amide bonds. The van der Waals surface area contributed by atoms with Crippen molar-refractivity contribution < 1.29 is 5.11 Å². The zero-order valence-electron chi connectivity index (χ0n) is 6.96. The standard InChI is InChI=1S/C10H13NO/c12-7-10-9-4-2-1-3-8(9)5-6-11-10/h1-4,10-12H,5-7H2. The zero-order valence-corrected chi connectivity index (χ0v) is 6.96. The van der Waals surface area contributed by atoms with E-state index in [0.29, 0.717) is 0 Å². The largest absolute Gasteiger partial charge is 0.394 e. The van der Waals surface area contributed by atoms with Gasteiger partial charge in [0.1, 0.15) is 0 Å². The third kappa shape index (κ3) is 1.24. The van der Waals surface area contributed by atoms with Crippen LogP contribution in [0.1, 0.15) is 17.2 Å². The normalized spacial score (nSPS) is 21.9. The van der Waals surface area contributed by atoms with Gasteiger partial charge in [-0.3, -0.25) is 0 Å². The van der Waals surface area contributed by atoms with Crippen molar-refractivity contribution in [1.29, 1.82) is 0 Å². The maximum atomic E-state index is 9.08. The minimum Gasteiger partial charge on any atom is -0.394 e. The first-order chi connectivity index (χ1) is 5.92. The molecule has 0 saturated carbocycles. The molecule has 0 spiro atoms. The van der Waals surface area contributed by atoms with E-state index in [4.69, 9.17) is 5.11 Å². The highest BCUT2D eigenvalue weighted by Gasteiger charge is 2.17. The van der Waals surface area contributed by atoms with Crippen LogP contribution >= 0.6 is 0 Å². The minimum absolute atomic E-state index is 0.148. The molecular formula is C10H13NO. The molecule has 2 rings (SSSR count). The first-order valence-electron chi connectivity index (χ1n) is 4.34. The summed E-state index contributed by atoms with van der Waals surface area (Å²) in [6, 6.07) is 8.45. The molecule has 1 heterocycles. The number of hydrogen-bond acceptors (Lipinski definition) is 2. The van der Waals surface area contributed by atoms with Crippen LogP contribution in [0, 0.1) is 0 Å². The van der Waals surface area contributed by atoms with E-state index in [1.807, 2.05) is 6.07 Å². The number of benzene rings is 1. The summed E-state index contributed by atoms with van der Waals surface area (Å²) in [7, 11) is 0. The van der Waals surface area contributed by atoms with Crippen molar-refractivity contribution >= 4 is 0 Å². The third-order valence-corrected chi connectivity index (χ3v) is 2.40. The molecule has 64 valence electrons. The number of rotatable bonds is 1. The van der Waals surface area contributed by atoms with Gasteiger partial charge >= 0.3 is 0 Å². The lowest BCUT2D eigenvalue weighted by molar-refractivity contribution is 0.240. The van der Waals surface area contributed by atoms with Gasteiger partial charge in [-0.05, 0) is 24.1 Å². The Morgan fingerprint density at radius 2 is 2.25 bits per heavy atom. The fourth-order valence-electron chi connectivity index (χ4n) is 1.76. The number of aliphatic hydroxyl groups excluding tert-OH is 1. The Morgan fingerprint density at radius 1 is 1.42 bits per heavy atom. The maximum absolute atomic E-state index is 9.08. The average Bonchev–Trinajstić information content (AvgIpc) is 2.17. The molecule has 1 unspecified atom stereocenters. The first-order valence-corrected chi connectivity index (χ1v) is 4.34. The van der Waals surface area contributed by atoms with Crippen molar-refractivity contribution in [3.63, 3.8) is 0 Å². The van der Waals surface area contributed by atoms with Gasteiger partial charge < -0.3 is 10.4 Å². The molecule has 12 heavy (non-hydrogen) atoms. The van der Waals surface area contributed by atoms with E-state index >= 15 is 0 Å². The van der Waals surface area contributed by atoms with Crippen LogP contribution in [0.5, 0.6) is 0 Å². The molecule has 0 aliphatic carbocycles. The van der Waals surface area contributed by atoms with E-state index < -0.39 is 0 Å². The first kappa shape index (κ1) is 7.77. The van der Waals surface area contributed by atoms with Gasteiger partial charge in [0.15, 0.2) is 0 Å². The van der Waals surface area contributed by atoms with Crippen molar-refractivity contribution in [3.8, 4) is 0 Å². The molecule has 2 nitrogen and oxygen atoms in total. The van der Waals surface area contributed by atoms with E-state index in [1.54, 1.807) is 0 Å². The molecule has 0 aromatic heterocycles. The second kappa shape index (κ2) is 3.25. The monoisotopic (exact) mass is 163 g/mol. The average molecular weight is 163 g/mol. The van der Waals surface area contributed by atoms with Gasteiger partial charge in [-0.1, -0.05) is 24.3 Å². The lowest BCUT2D eigenvalue weighted by Crippen LogP contribution is -2.31. The molecule has 1 aliphatic heterocycles. The highest BCUT2D eigenvalue weighted by Crippen LogP contribution is 2.21. The highest BCUT2D eigenvalue weighted by molar-refractivity contribution is 5.32. The van der Waals surface area contributed by atoms with Crippen LogP contribution in [0.25, 0.3) is 0 Å². The Kier molecular flexibility index (Phi) is 2.11. The number of hydrogen-bond donors (Lipinski definition) is 2. The highest BCUT2D eigenvalue weighted by atomic mass is 16.3. The Bertz CT molecular complexity index is 272. The summed E-state index contributed by atoms with van der Waals surface area (Å²) < 4.78 is 0. The van der Waals surface area contributed by atoms with Crippen LogP contribution in [0.15, 0.2) is 24.3 Å². The van der Waals surface area contributed by atoms with Crippen LogP contribution < -0.4 is 5.32 Å². The molecule has 0 bridgehead atoms. The smallest absolute Gasteiger partial charge is 0.0626 e. The fraction of sp³-hybridized carbons (Fsp3) is 0.400. The summed E-state index contributed by atoms with van der Waals surface area (Å²) in [4.78, 5) is 0. The summed E-state index contributed by atoms with van der Waals surface area (Å²) >= 11 is 0. The van der Waals surface area contributed by atoms with E-state index in [9.17, 15) is 0 Å². The molecule has 0 fully saturated rings. The third-order valence-electron chi connectivity index (χ3n) is 2.40. The molecule has 2 N–H and O–H groups in total. The van der Waals surface area contributed by atoms with Gasteiger partial charge in [0.25, 0.3) is 0 Å². The van der Waals surface area contributed by atoms with Gasteiger partial charge in [-0.2, -0.15) is 0 Å². The molecule has 0 radical (unpaired) electrons. The quantitative estimate of drug-likeness (QED) is 0.643. The molecule has 1 aliphatic rings. The van der Waals surface area contributed by atoms with Gasteiger partial charge in [0.2, 0.25) is 0 Å². The minimum atomic E-state index is 0.148. The SMILES string of the molecule is OCC1NCCc2ccccc21. The van der Waals surface area contributed by atoms with Crippen molar-refractivity contribution in [2.24, 2.45) is 0 Å². The van der Waals surface area contributed by atoms with Crippen LogP contribution in [0.2, 0.25) is 0 Å². The molecule has 2 heteroatoms. The summed E-state index contributed by atoms with van der Waals surface area (Å²) in [6.07, 6.45) is 1.08. The lowest BCUT2D eigenvalue weighted by Gasteiger charge is -2.24. The van der Waals surface area contributed by atoms with E-state index in [1.165, 1.54) is 11.1 Å². The van der Waals surface area contributed by atoms with E-state index in [-0.39, 0.29) is 12.6 Å². The molecule has 1 aromatic carbocycles. The zero-order chi connectivity index (χ0) is 8.39. The molecule has 1 atom stereocenters. The maximum Gasteiger partial charge on any atom is 0.0626 e. The lowest BCUT2D eigenvalue weighted by atomic mass is 9.95. The van der Waals surface area contributed by atoms with E-state index in [0.717, 1.165) is 13.0 Å². The predicted molar refractivity (Wildman–Crippen MR) is 48.0 cm³/mol. The van der Waals surface area contributed by atoms with Crippen LogP contribution in [0.4, 0.5) is 0 Å². The molecular weight excluding hydrogens is 150 g/mol. The van der Waals surface area contributed by atoms with Crippen molar-refractivity contribution in [3.05, 3.63) is 35.4 Å². The summed E-state index contributed by atoms with van der Waals surface area (Å²) in [5, 5.41) is 12.4. The summed E-state index contributed by atoms with van der Waals surface area (Å²) in [6.45, 7) is 1.17. The van der Waals surface area contributed by atoms with Gasteiger partial charge in [-0.15, -0.1) is 0 Å². The Balaban J connectivity index is 2.37. The molecule has 1 aromatic rings. The van der Waals surface area contributed by atoms with Gasteiger partial charge in [-0.25, -0.2) is 0 Å². The van der Waals surface area contributed by atoms with Crippen molar-refractivity contribution in [2.45, 2.75) is 12.5 Å².